The first kappa shape index (κ1) is 15.6. The van der Waals surface area contributed by atoms with Crippen LogP contribution in [0.3, 0.4) is 0 Å². The number of urea groups is 1. The molecular weight excluding hydrogens is 308 g/mol. The average molecular weight is 322 g/mol. The van der Waals surface area contributed by atoms with Crippen LogP contribution < -0.4 is 20.0 Å². The van der Waals surface area contributed by atoms with Crippen LogP contribution in [0.1, 0.15) is 0 Å². The highest BCUT2D eigenvalue weighted by Gasteiger charge is 2.19. The van der Waals surface area contributed by atoms with E-state index in [-0.39, 0.29) is 16.3 Å². The maximum Gasteiger partial charge on any atom is 0.339 e. The highest BCUT2D eigenvalue weighted by atomic mass is 32.2. The summed E-state index contributed by atoms with van der Waals surface area (Å²) in [5, 5.41) is 2.29. The topological polar surface area (TPSA) is 108 Å². The van der Waals surface area contributed by atoms with Crippen LogP contribution >= 0.6 is 0 Å². The van der Waals surface area contributed by atoms with E-state index in [4.69, 9.17) is 14.7 Å². The summed E-state index contributed by atoms with van der Waals surface area (Å²) >= 11 is 0. The van der Waals surface area contributed by atoms with Crippen LogP contribution in [0.25, 0.3) is 0 Å². The molecule has 2 aromatic rings. The molecule has 0 unspecified atom stereocenters. The average Bonchev–Trinajstić information content (AvgIpc) is 2.48. The molecule has 0 aromatic heterocycles. The largest absolute Gasteiger partial charge is 0.497 e. The molecule has 0 aliphatic heterocycles. The zero-order chi connectivity index (χ0) is 16.2. The Bertz CT molecular complexity index is 789. The molecule has 2 rings (SSSR count). The second kappa shape index (κ2) is 6.35. The number of nitrogens with two attached hydrogens (primary N) is 1. The van der Waals surface area contributed by atoms with Crippen molar-refractivity contribution >= 4 is 21.8 Å². The third-order valence-corrected chi connectivity index (χ3v) is 3.90. The van der Waals surface area contributed by atoms with Gasteiger partial charge in [0.25, 0.3) is 0 Å². The number of anilines is 1. The number of carbonyl (C=O) groups is 1. The van der Waals surface area contributed by atoms with Crippen LogP contribution in [-0.2, 0) is 10.1 Å². The van der Waals surface area contributed by atoms with Crippen LogP contribution in [0.15, 0.2) is 53.4 Å². The van der Waals surface area contributed by atoms with Crippen molar-refractivity contribution in [2.75, 3.05) is 12.4 Å². The third kappa shape index (κ3) is 3.67. The molecule has 0 saturated carbocycles. The minimum Gasteiger partial charge on any atom is -0.497 e. The highest BCUT2D eigenvalue weighted by Crippen LogP contribution is 2.28. The van der Waals surface area contributed by atoms with Gasteiger partial charge in [-0.3, -0.25) is 0 Å². The van der Waals surface area contributed by atoms with Gasteiger partial charge >= 0.3 is 16.1 Å². The molecule has 8 heteroatoms. The lowest BCUT2D eigenvalue weighted by Crippen LogP contribution is -2.20. The van der Waals surface area contributed by atoms with Crippen molar-refractivity contribution in [1.29, 1.82) is 0 Å². The van der Waals surface area contributed by atoms with Gasteiger partial charge in [0.05, 0.1) is 12.8 Å². The molecule has 0 fully saturated rings. The van der Waals surface area contributed by atoms with E-state index in [0.29, 0.717) is 5.75 Å². The first-order valence-corrected chi connectivity index (χ1v) is 7.57. The lowest BCUT2D eigenvalue weighted by Gasteiger charge is -2.11. The van der Waals surface area contributed by atoms with E-state index in [0.717, 1.165) is 0 Å². The number of para-hydroxylation sites is 2. The second-order valence-electron chi connectivity index (χ2n) is 4.20. The van der Waals surface area contributed by atoms with Crippen LogP contribution in [0.4, 0.5) is 10.5 Å². The molecule has 22 heavy (non-hydrogen) atoms. The van der Waals surface area contributed by atoms with Crippen molar-refractivity contribution in [1.82, 2.24) is 0 Å². The maximum absolute atomic E-state index is 12.3. The predicted octanol–water partition coefficient (Wildman–Crippen LogP) is 1.95. The van der Waals surface area contributed by atoms with E-state index in [1.54, 1.807) is 18.2 Å². The van der Waals surface area contributed by atoms with Gasteiger partial charge in [-0.15, -0.1) is 0 Å². The Kier molecular flexibility index (Phi) is 4.52. The Morgan fingerprint density at radius 1 is 1.14 bits per heavy atom. The molecule has 0 bridgehead atoms. The zero-order valence-electron chi connectivity index (χ0n) is 11.6. The first-order valence-electron chi connectivity index (χ1n) is 6.16. The molecule has 3 N–H and O–H groups in total. The summed E-state index contributed by atoms with van der Waals surface area (Å²) in [4.78, 5) is 10.9. The predicted molar refractivity (Wildman–Crippen MR) is 80.5 cm³/mol. The fourth-order valence-electron chi connectivity index (χ4n) is 1.70. The summed E-state index contributed by atoms with van der Waals surface area (Å²) in [6, 6.07) is 11.1. The Labute approximate surface area is 127 Å². The lowest BCUT2D eigenvalue weighted by atomic mass is 10.3. The first-order chi connectivity index (χ1) is 10.4. The van der Waals surface area contributed by atoms with E-state index < -0.39 is 16.1 Å². The molecule has 0 radical (unpaired) electrons. The fraction of sp³-hybridized carbons (Fsp3) is 0.0714. The van der Waals surface area contributed by atoms with Gasteiger partial charge in [-0.25, -0.2) is 4.79 Å². The highest BCUT2D eigenvalue weighted by molar-refractivity contribution is 7.87. The van der Waals surface area contributed by atoms with Crippen molar-refractivity contribution in [2.45, 2.75) is 4.90 Å². The molecule has 0 saturated heterocycles. The third-order valence-electron chi connectivity index (χ3n) is 2.67. The summed E-state index contributed by atoms with van der Waals surface area (Å²) in [6.45, 7) is 0. The second-order valence-corrected chi connectivity index (χ2v) is 5.75. The monoisotopic (exact) mass is 322 g/mol. The number of ether oxygens (including phenoxy) is 1. The van der Waals surface area contributed by atoms with E-state index in [1.807, 2.05) is 0 Å². The van der Waals surface area contributed by atoms with Crippen LogP contribution in [0, 0.1) is 0 Å². The van der Waals surface area contributed by atoms with E-state index in [2.05, 4.69) is 5.32 Å². The standard InChI is InChI=1S/C14H14N2O5S/c1-20-10-5-4-6-11(9-10)22(18,19)21-13-8-3-2-7-12(13)16-14(15)17/h2-9H,1H3,(H3,15,16,17). The van der Waals surface area contributed by atoms with Gasteiger partial charge in [-0.1, -0.05) is 18.2 Å². The Morgan fingerprint density at radius 2 is 1.86 bits per heavy atom. The summed E-state index contributed by atoms with van der Waals surface area (Å²) < 4.78 is 34.6. The number of benzene rings is 2. The number of carbonyl (C=O) groups excluding carboxylic acids is 1. The molecule has 2 amide bonds. The van der Waals surface area contributed by atoms with Gasteiger partial charge in [0.15, 0.2) is 5.75 Å². The van der Waals surface area contributed by atoms with Gasteiger partial charge in [0.1, 0.15) is 10.6 Å². The summed E-state index contributed by atoms with van der Waals surface area (Å²) in [5.74, 6) is 0.345. The number of hydrogen-bond acceptors (Lipinski definition) is 5. The lowest BCUT2D eigenvalue weighted by molar-refractivity contribution is 0.259. The van der Waals surface area contributed by atoms with Crippen molar-refractivity contribution in [3.63, 3.8) is 0 Å². The summed E-state index contributed by atoms with van der Waals surface area (Å²) in [5.41, 5.74) is 5.19. The SMILES string of the molecule is COc1cccc(S(=O)(=O)Oc2ccccc2NC(N)=O)c1. The Morgan fingerprint density at radius 3 is 2.55 bits per heavy atom. The number of nitrogens with one attached hydrogen (secondary N) is 1. The summed E-state index contributed by atoms with van der Waals surface area (Å²) in [6.07, 6.45) is 0. The quantitative estimate of drug-likeness (QED) is 0.818. The molecule has 0 aliphatic rings. The van der Waals surface area contributed by atoms with Gasteiger partial charge in [-0.2, -0.15) is 8.42 Å². The molecule has 0 aliphatic carbocycles. The van der Waals surface area contributed by atoms with Gasteiger partial charge in [0, 0.05) is 6.07 Å². The molecule has 7 nitrogen and oxygen atoms in total. The van der Waals surface area contributed by atoms with E-state index >= 15 is 0 Å². The van der Waals surface area contributed by atoms with Crippen molar-refractivity contribution in [2.24, 2.45) is 5.73 Å². The number of rotatable bonds is 5. The van der Waals surface area contributed by atoms with E-state index in [1.165, 1.54) is 37.4 Å². The van der Waals surface area contributed by atoms with Gasteiger partial charge in [0.2, 0.25) is 0 Å². The number of primary amides is 1. The molecule has 116 valence electrons. The summed E-state index contributed by atoms with van der Waals surface area (Å²) in [7, 11) is -2.65. The van der Waals surface area contributed by atoms with Crippen LogP contribution in [0.5, 0.6) is 11.5 Å². The smallest absolute Gasteiger partial charge is 0.339 e. The Balaban J connectivity index is 2.34. The minimum absolute atomic E-state index is 0.0379. The normalized spacial score (nSPS) is 10.8. The zero-order valence-corrected chi connectivity index (χ0v) is 12.5. The van der Waals surface area contributed by atoms with Crippen molar-refractivity contribution < 1.29 is 22.1 Å². The molecule has 0 heterocycles. The molecule has 0 spiro atoms. The van der Waals surface area contributed by atoms with Crippen LogP contribution in [0.2, 0.25) is 0 Å². The number of hydrogen-bond donors (Lipinski definition) is 2. The number of methoxy groups -OCH3 is 1. The Hall–Kier alpha value is -2.74. The minimum atomic E-state index is -4.08. The van der Waals surface area contributed by atoms with E-state index in [9.17, 15) is 13.2 Å². The number of amides is 2. The van der Waals surface area contributed by atoms with Gasteiger partial charge < -0.3 is 20.0 Å². The fourth-order valence-corrected chi connectivity index (χ4v) is 2.68. The van der Waals surface area contributed by atoms with Crippen LogP contribution in [-0.4, -0.2) is 21.6 Å². The molecular formula is C14H14N2O5S. The molecule has 2 aromatic carbocycles. The molecule has 0 atom stereocenters. The maximum atomic E-state index is 12.3. The van der Waals surface area contributed by atoms with Gasteiger partial charge in [-0.05, 0) is 24.3 Å². The van der Waals surface area contributed by atoms with Crippen molar-refractivity contribution in [3.05, 3.63) is 48.5 Å². The van der Waals surface area contributed by atoms with Crippen molar-refractivity contribution in [3.8, 4) is 11.5 Å².